The van der Waals surface area contributed by atoms with Gasteiger partial charge < -0.3 is 24.8 Å². The van der Waals surface area contributed by atoms with Crippen LogP contribution in [0.5, 0.6) is 0 Å². The molecule has 0 fully saturated rings. The summed E-state index contributed by atoms with van der Waals surface area (Å²) in [7, 11) is 2.68. The van der Waals surface area contributed by atoms with Gasteiger partial charge in [0.2, 0.25) is 0 Å². The number of carbonyl (C=O) groups excluding carboxylic acids is 4. The summed E-state index contributed by atoms with van der Waals surface area (Å²) in [6, 6.07) is 0. The Labute approximate surface area is 255 Å². The summed E-state index contributed by atoms with van der Waals surface area (Å²) < 4.78 is 9.86. The molecule has 0 radical (unpaired) electrons. The Morgan fingerprint density at radius 3 is 2.09 bits per heavy atom. The highest BCUT2D eigenvalue weighted by atomic mass is 16.5. The largest absolute Gasteiger partial charge is 0.469 e. The Hall–Kier alpha value is -5.25. The molecule has 2 aliphatic rings. The quantitative estimate of drug-likeness (QED) is 0.360. The maximum absolute atomic E-state index is 12.4. The molecule has 2 aromatic rings. The second-order valence-corrected chi connectivity index (χ2v) is 10.5. The van der Waals surface area contributed by atoms with Crippen LogP contribution < -0.4 is 16.0 Å². The van der Waals surface area contributed by atoms with Gasteiger partial charge in [0.25, 0.3) is 11.8 Å². The molecule has 0 spiro atoms. The van der Waals surface area contributed by atoms with Crippen LogP contribution >= 0.6 is 0 Å². The van der Waals surface area contributed by atoms with Crippen molar-refractivity contribution < 1.29 is 28.7 Å². The van der Waals surface area contributed by atoms with Crippen LogP contribution in [-0.4, -0.2) is 53.7 Å². The van der Waals surface area contributed by atoms with Gasteiger partial charge in [-0.3, -0.25) is 19.2 Å². The summed E-state index contributed by atoms with van der Waals surface area (Å²) in [4.78, 5) is 60.2. The van der Waals surface area contributed by atoms with Crippen molar-refractivity contribution in [1.82, 2.24) is 15.3 Å². The first kappa shape index (κ1) is 31.7. The van der Waals surface area contributed by atoms with Crippen molar-refractivity contribution in [2.75, 3.05) is 14.2 Å². The second-order valence-electron chi connectivity index (χ2n) is 10.5. The van der Waals surface area contributed by atoms with E-state index in [1.807, 2.05) is 32.9 Å². The minimum Gasteiger partial charge on any atom is -0.469 e. The molecule has 0 bridgehead atoms. The predicted octanol–water partition coefficient (Wildman–Crippen LogP) is 2.85. The highest BCUT2D eigenvalue weighted by Crippen LogP contribution is 2.27. The number of methoxy groups -OCH3 is 2. The molecule has 228 valence electrons. The van der Waals surface area contributed by atoms with Crippen LogP contribution in [0.4, 0.5) is 0 Å². The molecule has 0 saturated heterocycles. The number of H-pyrrole nitrogens is 2. The van der Waals surface area contributed by atoms with Crippen molar-refractivity contribution in [3.8, 4) is 0 Å². The molecule has 10 nitrogen and oxygen atoms in total. The lowest BCUT2D eigenvalue weighted by molar-refractivity contribution is -0.141. The van der Waals surface area contributed by atoms with Crippen LogP contribution in [0.1, 0.15) is 53.9 Å². The number of rotatable bonds is 10. The minimum atomic E-state index is -0.415. The van der Waals surface area contributed by atoms with Crippen LogP contribution in [0.15, 0.2) is 58.3 Å². The van der Waals surface area contributed by atoms with Crippen molar-refractivity contribution in [1.29, 1.82) is 0 Å². The zero-order valence-electron chi connectivity index (χ0n) is 25.8. The van der Waals surface area contributed by atoms with Gasteiger partial charge in [-0.2, -0.15) is 0 Å². The normalized spacial score (nSPS) is 16.7. The molecule has 0 saturated carbocycles. The lowest BCUT2D eigenvalue weighted by Crippen LogP contribution is -2.16. The number of allylic oxidation sites excluding steroid dienone is 2. The fraction of sp³-hybridized carbons (Fsp3) is 0.265. The minimum absolute atomic E-state index is 0.00351. The molecule has 2 aromatic heterocycles. The van der Waals surface area contributed by atoms with Gasteiger partial charge >= 0.3 is 11.9 Å². The van der Waals surface area contributed by atoms with E-state index in [1.165, 1.54) is 20.3 Å². The first-order chi connectivity index (χ1) is 20.9. The molecule has 4 rings (SSSR count). The standard InChI is InChI=1S/C34H36N4O6/c1-9-21-20(6)33(41)38-28(21)15-26-18(4)23(11-12-31(39)43-7)29(35-26)16-30-24(13-32(40)44-8)19(5)25(36-30)14-27-17(3)22(10-2)34(42)37-27/h9-10,14-16,35-36H,1-2,11-13H2,3-8H3,(H,38,41)/b25-14?,28-15-,30-16?. The lowest BCUT2D eigenvalue weighted by Gasteiger charge is -2.03. The highest BCUT2D eigenvalue weighted by Gasteiger charge is 2.24. The Kier molecular flexibility index (Phi) is 9.32. The molecule has 4 heterocycles. The number of aromatic nitrogens is 2. The Morgan fingerprint density at radius 1 is 0.795 bits per heavy atom. The van der Waals surface area contributed by atoms with E-state index in [9.17, 15) is 19.2 Å². The van der Waals surface area contributed by atoms with Gasteiger partial charge in [0.05, 0.1) is 32.0 Å². The number of carbonyl (C=O) groups is 4. The third kappa shape index (κ3) is 6.10. The Bertz CT molecular complexity index is 1870. The molecule has 0 unspecified atom stereocenters. The summed E-state index contributed by atoms with van der Waals surface area (Å²) in [5.41, 5.74) is 8.28. The number of ether oxygens (including phenoxy) is 2. The number of aromatic amines is 2. The monoisotopic (exact) mass is 596 g/mol. The second kappa shape index (κ2) is 12.9. The van der Waals surface area contributed by atoms with Crippen LogP contribution in [0.25, 0.3) is 18.2 Å². The van der Waals surface area contributed by atoms with Gasteiger partial charge in [-0.15, -0.1) is 0 Å². The van der Waals surface area contributed by atoms with Crippen molar-refractivity contribution in [2.24, 2.45) is 4.99 Å². The molecule has 0 aromatic carbocycles. The fourth-order valence-corrected chi connectivity index (χ4v) is 5.33. The van der Waals surface area contributed by atoms with Crippen molar-refractivity contribution in [3.63, 3.8) is 0 Å². The lowest BCUT2D eigenvalue weighted by atomic mass is 10.0. The van der Waals surface area contributed by atoms with E-state index in [0.717, 1.165) is 22.4 Å². The van der Waals surface area contributed by atoms with Crippen LogP contribution in [0.2, 0.25) is 0 Å². The van der Waals surface area contributed by atoms with Gasteiger partial charge in [-0.05, 0) is 80.2 Å². The zero-order valence-corrected chi connectivity index (χ0v) is 25.8. The first-order valence-electron chi connectivity index (χ1n) is 14.0. The van der Waals surface area contributed by atoms with Gasteiger partial charge in [0, 0.05) is 45.2 Å². The molecule has 2 aliphatic heterocycles. The number of nitrogens with one attached hydrogen (secondary N) is 3. The summed E-state index contributed by atoms with van der Waals surface area (Å²) in [6.45, 7) is 14.9. The molecule has 2 amide bonds. The van der Waals surface area contributed by atoms with E-state index in [0.29, 0.717) is 62.1 Å². The molecule has 3 N–H and O–H groups in total. The third-order valence-electron chi connectivity index (χ3n) is 8.05. The zero-order chi connectivity index (χ0) is 32.3. The number of hydrogen-bond donors (Lipinski definition) is 3. The van der Waals surface area contributed by atoms with Gasteiger partial charge in [-0.25, -0.2) is 4.99 Å². The van der Waals surface area contributed by atoms with E-state index in [2.05, 4.69) is 33.4 Å². The summed E-state index contributed by atoms with van der Waals surface area (Å²) >= 11 is 0. The summed E-state index contributed by atoms with van der Waals surface area (Å²) in [6.07, 6.45) is 9.18. The fourth-order valence-electron chi connectivity index (χ4n) is 5.33. The molecule has 44 heavy (non-hydrogen) atoms. The van der Waals surface area contributed by atoms with Crippen LogP contribution in [0.3, 0.4) is 0 Å². The topological polar surface area (TPSA) is 143 Å². The molecule has 0 aliphatic carbocycles. The van der Waals surface area contributed by atoms with Crippen molar-refractivity contribution in [3.05, 3.63) is 97.6 Å². The Balaban J connectivity index is 1.93. The number of aliphatic imine (C=N–C) groups is 1. The van der Waals surface area contributed by atoms with Crippen molar-refractivity contribution in [2.45, 2.75) is 47.0 Å². The first-order valence-corrected chi connectivity index (χ1v) is 14.0. The number of esters is 2. The smallest absolute Gasteiger partial charge is 0.310 e. The number of nitrogens with zero attached hydrogens (tertiary/aromatic N) is 1. The van der Waals surface area contributed by atoms with Gasteiger partial charge in [0.1, 0.15) is 0 Å². The third-order valence-corrected chi connectivity index (χ3v) is 8.05. The van der Waals surface area contributed by atoms with E-state index in [4.69, 9.17) is 9.47 Å². The maximum atomic E-state index is 12.4. The van der Waals surface area contributed by atoms with E-state index in [-0.39, 0.29) is 30.6 Å². The van der Waals surface area contributed by atoms with Crippen LogP contribution in [-0.2, 0) is 41.5 Å². The average Bonchev–Trinajstić information content (AvgIpc) is 3.64. The number of amides is 2. The van der Waals surface area contributed by atoms with Gasteiger partial charge in [0.15, 0.2) is 0 Å². The summed E-state index contributed by atoms with van der Waals surface area (Å²) in [5.74, 6) is -1.30. The van der Waals surface area contributed by atoms with Gasteiger partial charge in [-0.1, -0.05) is 25.3 Å². The van der Waals surface area contributed by atoms with E-state index in [1.54, 1.807) is 19.1 Å². The average molecular weight is 597 g/mol. The SMILES string of the molecule is C=CC1=C(C)C(C=c2[nH]c(=Cc3[nH]c(/C=C4\NC(=O)C(C)=C4C=C)c(C)c3CCC(=O)OC)c(CC(=O)OC)c2C)=NC1=O. The Morgan fingerprint density at radius 2 is 1.48 bits per heavy atom. The van der Waals surface area contributed by atoms with Crippen molar-refractivity contribution >= 4 is 47.7 Å². The summed E-state index contributed by atoms with van der Waals surface area (Å²) in [5, 5.41) is 4.20. The van der Waals surface area contributed by atoms with Crippen LogP contribution in [0, 0.1) is 13.8 Å². The van der Waals surface area contributed by atoms with E-state index < -0.39 is 5.97 Å². The molecule has 10 heteroatoms. The highest BCUT2D eigenvalue weighted by molar-refractivity contribution is 6.31. The molecular weight excluding hydrogens is 560 g/mol. The maximum Gasteiger partial charge on any atom is 0.310 e. The van der Waals surface area contributed by atoms with E-state index >= 15 is 0 Å². The molecule has 0 atom stereocenters. The predicted molar refractivity (Wildman–Crippen MR) is 169 cm³/mol. The number of hydrogen-bond acceptors (Lipinski definition) is 6. The molecular formula is C34H36N4O6.